The Bertz CT molecular complexity index is 826. The number of nitrogens with one attached hydrogen (secondary N) is 1. The molecule has 22 heavy (non-hydrogen) atoms. The van der Waals surface area contributed by atoms with Crippen LogP contribution >= 0.6 is 11.3 Å². The third-order valence-electron chi connectivity index (χ3n) is 3.01. The van der Waals surface area contributed by atoms with Gasteiger partial charge in [-0.25, -0.2) is 4.98 Å². The van der Waals surface area contributed by atoms with E-state index in [0.717, 1.165) is 22.7 Å². The maximum Gasteiger partial charge on any atom is 0.203 e. The van der Waals surface area contributed by atoms with Gasteiger partial charge in [0.15, 0.2) is 0 Å². The highest BCUT2D eigenvalue weighted by molar-refractivity contribution is 7.14. The van der Waals surface area contributed by atoms with E-state index in [1.807, 2.05) is 36.6 Å². The van der Waals surface area contributed by atoms with E-state index in [1.165, 1.54) is 11.3 Å². The Morgan fingerprint density at radius 2 is 2.14 bits per heavy atom. The van der Waals surface area contributed by atoms with Crippen LogP contribution in [-0.2, 0) is 0 Å². The van der Waals surface area contributed by atoms with Crippen LogP contribution in [0.2, 0.25) is 0 Å². The molecular weight excluding hydrogens is 296 g/mol. The van der Waals surface area contributed by atoms with Gasteiger partial charge >= 0.3 is 0 Å². The lowest BCUT2D eigenvalue weighted by atomic mass is 10.1. The first-order valence-corrected chi connectivity index (χ1v) is 7.44. The molecule has 0 saturated heterocycles. The molecule has 0 aliphatic heterocycles. The third-order valence-corrected chi connectivity index (χ3v) is 3.76. The molecular formula is C16H12N4OS. The quantitative estimate of drug-likeness (QED) is 0.581. The summed E-state index contributed by atoms with van der Waals surface area (Å²) in [5.74, 6) is 0.719. The van der Waals surface area contributed by atoms with Gasteiger partial charge in [-0.15, -0.1) is 11.3 Å². The van der Waals surface area contributed by atoms with Gasteiger partial charge in [-0.2, -0.15) is 10.4 Å². The van der Waals surface area contributed by atoms with Crippen molar-refractivity contribution in [1.82, 2.24) is 4.98 Å². The number of thiazole rings is 1. The van der Waals surface area contributed by atoms with E-state index in [4.69, 9.17) is 9.68 Å². The molecule has 2 aromatic heterocycles. The zero-order valence-corrected chi connectivity index (χ0v) is 12.6. The normalized spacial score (nSPS) is 11.2. The van der Waals surface area contributed by atoms with E-state index in [9.17, 15) is 0 Å². The van der Waals surface area contributed by atoms with Crippen molar-refractivity contribution in [3.63, 3.8) is 0 Å². The minimum absolute atomic E-state index is 0.635. The van der Waals surface area contributed by atoms with Gasteiger partial charge in [-0.05, 0) is 31.2 Å². The van der Waals surface area contributed by atoms with Crippen LogP contribution in [0.1, 0.15) is 18.2 Å². The van der Waals surface area contributed by atoms with Gasteiger partial charge in [0.2, 0.25) is 5.13 Å². The monoisotopic (exact) mass is 308 g/mol. The summed E-state index contributed by atoms with van der Waals surface area (Å²) in [6.45, 7) is 1.86. The van der Waals surface area contributed by atoms with Crippen molar-refractivity contribution in [2.75, 3.05) is 5.43 Å². The Balaban J connectivity index is 1.73. The lowest BCUT2D eigenvalue weighted by Gasteiger charge is -1.98. The molecule has 5 nitrogen and oxygen atoms in total. The molecule has 0 unspecified atom stereocenters. The maximum atomic E-state index is 8.81. The Hall–Kier alpha value is -2.91. The number of hydrazone groups is 1. The van der Waals surface area contributed by atoms with Crippen LogP contribution in [0.5, 0.6) is 0 Å². The highest BCUT2D eigenvalue weighted by Gasteiger charge is 2.05. The Morgan fingerprint density at radius 3 is 2.82 bits per heavy atom. The van der Waals surface area contributed by atoms with Crippen LogP contribution in [0.15, 0.2) is 57.6 Å². The molecule has 0 bridgehead atoms. The summed E-state index contributed by atoms with van der Waals surface area (Å²) < 4.78 is 5.27. The van der Waals surface area contributed by atoms with Crippen LogP contribution in [0.3, 0.4) is 0 Å². The minimum atomic E-state index is 0.635. The summed E-state index contributed by atoms with van der Waals surface area (Å²) in [5.41, 5.74) is 6.13. The van der Waals surface area contributed by atoms with Crippen LogP contribution in [-0.4, -0.2) is 10.7 Å². The van der Waals surface area contributed by atoms with Crippen LogP contribution in [0.25, 0.3) is 11.3 Å². The van der Waals surface area contributed by atoms with Crippen molar-refractivity contribution in [1.29, 1.82) is 5.26 Å². The Kier molecular flexibility index (Phi) is 3.99. The Morgan fingerprint density at radius 1 is 1.32 bits per heavy atom. The number of rotatable bonds is 4. The predicted molar refractivity (Wildman–Crippen MR) is 86.8 cm³/mol. The average Bonchev–Trinajstić information content (AvgIpc) is 3.24. The summed E-state index contributed by atoms with van der Waals surface area (Å²) in [6, 6.07) is 13.1. The summed E-state index contributed by atoms with van der Waals surface area (Å²) in [7, 11) is 0. The maximum absolute atomic E-state index is 8.81. The van der Waals surface area contributed by atoms with Gasteiger partial charge in [0.1, 0.15) is 11.5 Å². The number of hydrogen-bond acceptors (Lipinski definition) is 6. The summed E-state index contributed by atoms with van der Waals surface area (Å²) >= 11 is 1.47. The van der Waals surface area contributed by atoms with Crippen molar-refractivity contribution in [3.05, 3.63) is 59.4 Å². The molecule has 0 aliphatic carbocycles. The van der Waals surface area contributed by atoms with E-state index in [0.29, 0.717) is 10.7 Å². The number of anilines is 1. The lowest BCUT2D eigenvalue weighted by molar-refractivity contribution is 0.557. The largest absolute Gasteiger partial charge is 0.463 e. The van der Waals surface area contributed by atoms with Crippen molar-refractivity contribution in [2.24, 2.45) is 5.10 Å². The molecule has 2 heterocycles. The molecule has 0 fully saturated rings. The van der Waals surface area contributed by atoms with Gasteiger partial charge in [-0.3, -0.25) is 5.43 Å². The smallest absolute Gasteiger partial charge is 0.203 e. The van der Waals surface area contributed by atoms with E-state index < -0.39 is 0 Å². The molecule has 0 aliphatic rings. The molecule has 0 spiro atoms. The first-order valence-electron chi connectivity index (χ1n) is 6.56. The lowest BCUT2D eigenvalue weighted by Crippen LogP contribution is -1.97. The summed E-state index contributed by atoms with van der Waals surface area (Å²) in [5, 5.41) is 15.7. The molecule has 0 amide bonds. The van der Waals surface area contributed by atoms with E-state index >= 15 is 0 Å². The van der Waals surface area contributed by atoms with Gasteiger partial charge in [0, 0.05) is 10.9 Å². The number of benzene rings is 1. The molecule has 0 saturated carbocycles. The number of aromatic nitrogens is 1. The summed E-state index contributed by atoms with van der Waals surface area (Å²) in [6.07, 6.45) is 1.61. The molecule has 6 heteroatoms. The number of nitriles is 1. The second kappa shape index (κ2) is 6.24. The average molecular weight is 308 g/mol. The van der Waals surface area contributed by atoms with Crippen LogP contribution in [0.4, 0.5) is 5.13 Å². The van der Waals surface area contributed by atoms with Gasteiger partial charge < -0.3 is 4.42 Å². The standard InChI is InChI=1S/C16H12N4OS/c1-11(15-3-2-8-21-15)19-20-16-18-14(10-22-16)13-6-4-12(9-17)5-7-13/h2-8,10H,1H3,(H,18,20)/b19-11-. The van der Waals surface area contributed by atoms with E-state index in [1.54, 1.807) is 18.4 Å². The first-order chi connectivity index (χ1) is 10.8. The topological polar surface area (TPSA) is 74.2 Å². The zero-order valence-electron chi connectivity index (χ0n) is 11.8. The number of furan rings is 1. The predicted octanol–water partition coefficient (Wildman–Crippen LogP) is 4.11. The van der Waals surface area contributed by atoms with Crippen molar-refractivity contribution >= 4 is 22.2 Å². The summed E-state index contributed by atoms with van der Waals surface area (Å²) in [4.78, 5) is 4.48. The SMILES string of the molecule is C/C(=N/Nc1nc(-c2ccc(C#N)cc2)cs1)c1ccco1. The number of nitrogens with zero attached hydrogens (tertiary/aromatic N) is 3. The second-order valence-corrected chi connectivity index (χ2v) is 5.37. The van der Waals surface area contributed by atoms with Crippen LogP contribution in [0, 0.1) is 11.3 Å². The highest BCUT2D eigenvalue weighted by atomic mass is 32.1. The van der Waals surface area contributed by atoms with E-state index in [2.05, 4.69) is 21.6 Å². The molecule has 1 aromatic carbocycles. The first kappa shape index (κ1) is 14.0. The van der Waals surface area contributed by atoms with Crippen molar-refractivity contribution in [2.45, 2.75) is 6.92 Å². The second-order valence-electron chi connectivity index (χ2n) is 4.51. The molecule has 1 N–H and O–H groups in total. The molecule has 3 aromatic rings. The third kappa shape index (κ3) is 3.05. The zero-order chi connectivity index (χ0) is 15.4. The fourth-order valence-electron chi connectivity index (χ4n) is 1.84. The van der Waals surface area contributed by atoms with Crippen molar-refractivity contribution < 1.29 is 4.42 Å². The fourth-order valence-corrected chi connectivity index (χ4v) is 2.51. The fraction of sp³-hybridized carbons (Fsp3) is 0.0625. The van der Waals surface area contributed by atoms with Gasteiger partial charge in [-0.1, -0.05) is 12.1 Å². The Labute approximate surface area is 131 Å². The molecule has 3 rings (SSSR count). The van der Waals surface area contributed by atoms with Gasteiger partial charge in [0.25, 0.3) is 0 Å². The number of hydrogen-bond donors (Lipinski definition) is 1. The van der Waals surface area contributed by atoms with E-state index in [-0.39, 0.29) is 0 Å². The molecule has 108 valence electrons. The van der Waals surface area contributed by atoms with Crippen molar-refractivity contribution in [3.8, 4) is 17.3 Å². The highest BCUT2D eigenvalue weighted by Crippen LogP contribution is 2.25. The van der Waals surface area contributed by atoms with Crippen LogP contribution < -0.4 is 5.43 Å². The molecule has 0 radical (unpaired) electrons. The van der Waals surface area contributed by atoms with Gasteiger partial charge in [0.05, 0.1) is 23.6 Å². The molecule has 0 atom stereocenters. The minimum Gasteiger partial charge on any atom is -0.463 e.